The lowest BCUT2D eigenvalue weighted by Gasteiger charge is -2.13. The second-order valence-corrected chi connectivity index (χ2v) is 7.85. The maximum atomic E-state index is 12.0. The summed E-state index contributed by atoms with van der Waals surface area (Å²) < 4.78 is 6.65. The first kappa shape index (κ1) is 19.5. The molecule has 4 rings (SSSR count). The first-order chi connectivity index (χ1) is 13.9. The van der Waals surface area contributed by atoms with Crippen LogP contribution < -0.4 is 10.1 Å². The van der Waals surface area contributed by atoms with Crippen molar-refractivity contribution in [3.63, 3.8) is 0 Å². The van der Waals surface area contributed by atoms with Gasteiger partial charge < -0.3 is 10.1 Å². The van der Waals surface area contributed by atoms with Crippen molar-refractivity contribution in [1.82, 2.24) is 10.2 Å². The number of imide groups is 1. The van der Waals surface area contributed by atoms with Crippen molar-refractivity contribution in [2.24, 2.45) is 0 Å². The fourth-order valence-corrected chi connectivity index (χ4v) is 4.15. The number of likely N-dealkylation sites (N-methyl/N-ethyl adjacent to an activating group) is 1. The third-order valence-electron chi connectivity index (χ3n) is 4.66. The lowest BCUT2D eigenvalue weighted by atomic mass is 10.1. The van der Waals surface area contributed by atoms with Crippen molar-refractivity contribution in [3.8, 4) is 5.75 Å². The largest absolute Gasteiger partial charge is 0.486 e. The first-order valence-electron chi connectivity index (χ1n) is 8.83. The highest BCUT2D eigenvalue weighted by atomic mass is 79.9. The molecule has 0 saturated carbocycles. The molecule has 0 radical (unpaired) electrons. The summed E-state index contributed by atoms with van der Waals surface area (Å²) in [7, 11) is 1.42. The van der Waals surface area contributed by atoms with E-state index in [2.05, 4.69) is 39.4 Å². The van der Waals surface area contributed by atoms with Crippen LogP contribution in [0, 0.1) is 0 Å². The quantitative estimate of drug-likeness (QED) is 0.412. The molecule has 1 saturated heterocycles. The van der Waals surface area contributed by atoms with E-state index in [9.17, 15) is 9.59 Å². The normalized spacial score (nSPS) is 15.3. The summed E-state index contributed by atoms with van der Waals surface area (Å²) in [4.78, 5) is 24.6. The molecule has 7 heteroatoms. The van der Waals surface area contributed by atoms with Crippen LogP contribution in [-0.4, -0.2) is 23.9 Å². The number of rotatable bonds is 4. The number of halogens is 2. The zero-order chi connectivity index (χ0) is 20.5. The van der Waals surface area contributed by atoms with E-state index < -0.39 is 11.9 Å². The second kappa shape index (κ2) is 7.89. The minimum absolute atomic E-state index is 0.199. The predicted octanol–water partition coefficient (Wildman–Crippen LogP) is 5.36. The Morgan fingerprint density at radius 2 is 1.90 bits per heavy atom. The number of ether oxygens (including phenoxy) is 1. The molecule has 0 atom stereocenters. The Balaban J connectivity index is 1.58. The van der Waals surface area contributed by atoms with Gasteiger partial charge in [-0.1, -0.05) is 54.1 Å². The van der Waals surface area contributed by atoms with E-state index in [1.54, 1.807) is 18.2 Å². The van der Waals surface area contributed by atoms with Crippen molar-refractivity contribution < 1.29 is 14.3 Å². The fourth-order valence-electron chi connectivity index (χ4n) is 3.16. The van der Waals surface area contributed by atoms with E-state index in [1.807, 2.05) is 24.3 Å². The van der Waals surface area contributed by atoms with Crippen molar-refractivity contribution in [3.05, 3.63) is 80.9 Å². The fraction of sp³-hybridized carbons (Fsp3) is 0.0909. The molecule has 0 spiro atoms. The number of hydrogen-bond acceptors (Lipinski definition) is 3. The summed E-state index contributed by atoms with van der Waals surface area (Å²) in [6, 6.07) is 17.2. The number of carbonyl (C=O) groups is 2. The third-order valence-corrected chi connectivity index (χ3v) is 5.53. The van der Waals surface area contributed by atoms with Gasteiger partial charge in [-0.3, -0.25) is 9.69 Å². The summed E-state index contributed by atoms with van der Waals surface area (Å²) >= 11 is 9.92. The Labute approximate surface area is 181 Å². The Morgan fingerprint density at radius 1 is 1.14 bits per heavy atom. The second-order valence-electron chi connectivity index (χ2n) is 6.59. The summed E-state index contributed by atoms with van der Waals surface area (Å²) in [5.74, 6) is 0.124. The number of nitrogens with zero attached hydrogens (tertiary/aromatic N) is 1. The number of fused-ring (bicyclic) bond motifs is 1. The molecule has 1 heterocycles. The van der Waals surface area contributed by atoms with E-state index in [0.29, 0.717) is 27.4 Å². The van der Waals surface area contributed by atoms with Gasteiger partial charge in [-0.25, -0.2) is 4.79 Å². The molecule has 1 fully saturated rings. The molecule has 1 N–H and O–H groups in total. The summed E-state index contributed by atoms with van der Waals surface area (Å²) in [5, 5.41) is 5.20. The Hall–Kier alpha value is -2.83. The molecule has 146 valence electrons. The topological polar surface area (TPSA) is 58.6 Å². The predicted molar refractivity (Wildman–Crippen MR) is 117 cm³/mol. The van der Waals surface area contributed by atoms with Crippen LogP contribution in [0.1, 0.15) is 11.1 Å². The Kier molecular flexibility index (Phi) is 5.30. The highest BCUT2D eigenvalue weighted by Gasteiger charge is 2.30. The average molecular weight is 472 g/mol. The minimum Gasteiger partial charge on any atom is -0.486 e. The van der Waals surface area contributed by atoms with Gasteiger partial charge in [0.1, 0.15) is 12.3 Å². The smallest absolute Gasteiger partial charge is 0.328 e. The lowest BCUT2D eigenvalue weighted by Crippen LogP contribution is -2.25. The average Bonchev–Trinajstić information content (AvgIpc) is 2.94. The molecule has 29 heavy (non-hydrogen) atoms. The van der Waals surface area contributed by atoms with Crippen LogP contribution in [0.25, 0.3) is 16.8 Å². The molecule has 5 nitrogen and oxygen atoms in total. The monoisotopic (exact) mass is 470 g/mol. The first-order valence-corrected chi connectivity index (χ1v) is 10.0. The van der Waals surface area contributed by atoms with E-state index in [-0.39, 0.29) is 5.70 Å². The van der Waals surface area contributed by atoms with E-state index >= 15 is 0 Å². The molecule has 3 amide bonds. The number of carbonyl (C=O) groups excluding carboxylic acids is 2. The van der Waals surface area contributed by atoms with Gasteiger partial charge in [0.05, 0.1) is 9.50 Å². The van der Waals surface area contributed by atoms with Gasteiger partial charge in [-0.05, 0) is 56.0 Å². The minimum atomic E-state index is -0.457. The number of urea groups is 1. The molecule has 0 aromatic heterocycles. The summed E-state index contributed by atoms with van der Waals surface area (Å²) in [6.45, 7) is 0.361. The van der Waals surface area contributed by atoms with Crippen molar-refractivity contribution in [2.75, 3.05) is 7.05 Å². The van der Waals surface area contributed by atoms with E-state index in [0.717, 1.165) is 21.2 Å². The maximum Gasteiger partial charge on any atom is 0.328 e. The van der Waals surface area contributed by atoms with Crippen molar-refractivity contribution in [1.29, 1.82) is 0 Å². The molecule has 3 aromatic rings. The summed E-state index contributed by atoms with van der Waals surface area (Å²) in [5.41, 5.74) is 1.92. The van der Waals surface area contributed by atoms with Crippen LogP contribution in [0.4, 0.5) is 4.79 Å². The Morgan fingerprint density at radius 3 is 2.62 bits per heavy atom. The van der Waals surface area contributed by atoms with Crippen LogP contribution in [-0.2, 0) is 11.4 Å². The van der Waals surface area contributed by atoms with Gasteiger partial charge in [0, 0.05) is 7.05 Å². The number of benzene rings is 3. The maximum absolute atomic E-state index is 12.0. The summed E-state index contributed by atoms with van der Waals surface area (Å²) in [6.07, 6.45) is 1.58. The zero-order valence-corrected chi connectivity index (χ0v) is 17.8. The van der Waals surface area contributed by atoms with E-state index in [4.69, 9.17) is 16.3 Å². The van der Waals surface area contributed by atoms with Crippen LogP contribution in [0.5, 0.6) is 5.75 Å². The third kappa shape index (κ3) is 3.86. The van der Waals surface area contributed by atoms with Crippen molar-refractivity contribution >= 4 is 56.3 Å². The van der Waals surface area contributed by atoms with Gasteiger partial charge in [0.15, 0.2) is 5.75 Å². The van der Waals surface area contributed by atoms with Gasteiger partial charge in [0.25, 0.3) is 5.91 Å². The number of hydrogen-bond donors (Lipinski definition) is 1. The number of amides is 3. The van der Waals surface area contributed by atoms with Crippen LogP contribution in [0.15, 0.2) is 64.8 Å². The van der Waals surface area contributed by atoms with Crippen LogP contribution in [0.2, 0.25) is 5.02 Å². The molecule has 3 aromatic carbocycles. The molecule has 1 aliphatic heterocycles. The number of nitrogens with one attached hydrogen (secondary N) is 1. The molecule has 0 bridgehead atoms. The zero-order valence-electron chi connectivity index (χ0n) is 15.4. The lowest BCUT2D eigenvalue weighted by molar-refractivity contribution is -0.121. The van der Waals surface area contributed by atoms with E-state index in [1.165, 1.54) is 7.05 Å². The van der Waals surface area contributed by atoms with Gasteiger partial charge in [0.2, 0.25) is 0 Å². The van der Waals surface area contributed by atoms with Gasteiger partial charge in [-0.2, -0.15) is 0 Å². The van der Waals surface area contributed by atoms with Gasteiger partial charge in [-0.15, -0.1) is 0 Å². The standard InChI is InChI=1S/C22H16BrClN2O3/c1-26-21(27)19(25-22(26)28)11-13-9-17(23)20(18(24)10-13)29-12-15-7-4-6-14-5-2-3-8-16(14)15/h2-11H,12H2,1H3,(H,25,28)/b19-11+. The Bertz CT molecular complexity index is 1150. The SMILES string of the molecule is CN1C(=O)N/C(=C/c2cc(Cl)c(OCc3cccc4ccccc34)c(Br)c2)C1=O. The van der Waals surface area contributed by atoms with Crippen molar-refractivity contribution in [2.45, 2.75) is 6.61 Å². The molecular weight excluding hydrogens is 456 g/mol. The molecular formula is C22H16BrClN2O3. The van der Waals surface area contributed by atoms with Crippen LogP contribution in [0.3, 0.4) is 0 Å². The van der Waals surface area contributed by atoms with Crippen LogP contribution >= 0.6 is 27.5 Å². The molecule has 0 aliphatic carbocycles. The highest BCUT2D eigenvalue weighted by Crippen LogP contribution is 2.36. The molecule has 1 aliphatic rings. The van der Waals surface area contributed by atoms with Gasteiger partial charge >= 0.3 is 6.03 Å². The highest BCUT2D eigenvalue weighted by molar-refractivity contribution is 9.10. The molecule has 0 unspecified atom stereocenters.